The van der Waals surface area contributed by atoms with Crippen LogP contribution in [0.1, 0.15) is 29.8 Å². The van der Waals surface area contributed by atoms with Gasteiger partial charge in [-0.1, -0.05) is 11.6 Å². The molecule has 4 rings (SSSR count). The molecule has 0 unspecified atom stereocenters. The molecule has 0 saturated heterocycles. The van der Waals surface area contributed by atoms with Crippen molar-refractivity contribution in [2.75, 3.05) is 23.1 Å². The summed E-state index contributed by atoms with van der Waals surface area (Å²) in [5.74, 6) is 0.284. The van der Waals surface area contributed by atoms with E-state index in [2.05, 4.69) is 20.6 Å². The van der Waals surface area contributed by atoms with Crippen LogP contribution in [0, 0.1) is 0 Å². The molecule has 138 valence electrons. The summed E-state index contributed by atoms with van der Waals surface area (Å²) in [6, 6.07) is 2.92. The first-order valence-corrected chi connectivity index (χ1v) is 8.16. The molecule has 4 N–H and O–H groups in total. The number of nitrogens with two attached hydrogens (primary N) is 1. The third-order valence-electron chi connectivity index (χ3n) is 4.74. The lowest BCUT2D eigenvalue weighted by molar-refractivity contribution is 0.0700. The maximum absolute atomic E-state index is 13.0. The molecule has 11 heteroatoms. The largest absolute Gasteiger partial charge is 0.384 e. The molecule has 2 aromatic heterocycles. The van der Waals surface area contributed by atoms with Crippen LogP contribution in [-0.4, -0.2) is 33.3 Å². The van der Waals surface area contributed by atoms with Crippen LogP contribution in [0.3, 0.4) is 0 Å². The van der Waals surface area contributed by atoms with E-state index in [1.807, 2.05) is 0 Å². The SMILES string of the molecule is CN1n2c(c(Cl)cc(Nc3cc(N)ncn3)c2=O)C(=O)NC12CCC2.Cl. The Morgan fingerprint density at radius 1 is 1.31 bits per heavy atom. The molecule has 1 aliphatic heterocycles. The number of carbonyl (C=O) groups is 1. The van der Waals surface area contributed by atoms with Crippen molar-refractivity contribution < 1.29 is 4.79 Å². The molecule has 1 aliphatic carbocycles. The summed E-state index contributed by atoms with van der Waals surface area (Å²) in [4.78, 5) is 33.3. The number of fused-ring (bicyclic) bond motifs is 1. The van der Waals surface area contributed by atoms with E-state index in [9.17, 15) is 9.59 Å². The monoisotopic (exact) mass is 397 g/mol. The Balaban J connectivity index is 0.00000196. The molecule has 9 nitrogen and oxygen atoms in total. The van der Waals surface area contributed by atoms with E-state index in [1.165, 1.54) is 23.1 Å². The van der Waals surface area contributed by atoms with Crippen LogP contribution < -0.4 is 26.9 Å². The zero-order valence-electron chi connectivity index (χ0n) is 13.8. The van der Waals surface area contributed by atoms with Crippen molar-refractivity contribution in [1.29, 1.82) is 0 Å². The lowest BCUT2D eigenvalue weighted by atomic mass is 9.83. The number of halogens is 2. The Hall–Kier alpha value is -2.52. The molecule has 0 atom stereocenters. The van der Waals surface area contributed by atoms with Crippen LogP contribution in [0.25, 0.3) is 0 Å². The lowest BCUT2D eigenvalue weighted by Gasteiger charge is -2.53. The highest BCUT2D eigenvalue weighted by molar-refractivity contribution is 6.34. The fraction of sp³-hybridized carbons (Fsp3) is 0.333. The number of pyridine rings is 1. The average molecular weight is 398 g/mol. The van der Waals surface area contributed by atoms with Gasteiger partial charge in [-0.05, 0) is 25.3 Å². The van der Waals surface area contributed by atoms with Crippen molar-refractivity contribution in [2.45, 2.75) is 24.9 Å². The molecular weight excluding hydrogens is 381 g/mol. The zero-order valence-corrected chi connectivity index (χ0v) is 15.4. The second-order valence-electron chi connectivity index (χ2n) is 6.19. The molecule has 1 saturated carbocycles. The molecule has 1 amide bonds. The molecular formula is C15H17Cl2N7O2. The molecule has 2 aliphatic rings. The van der Waals surface area contributed by atoms with E-state index in [1.54, 1.807) is 12.1 Å². The van der Waals surface area contributed by atoms with Crippen LogP contribution in [0.5, 0.6) is 0 Å². The van der Waals surface area contributed by atoms with Crippen LogP contribution in [0.2, 0.25) is 5.02 Å². The normalized spacial score (nSPS) is 17.0. The number of nitrogens with one attached hydrogen (secondary N) is 2. The zero-order chi connectivity index (χ0) is 17.8. The summed E-state index contributed by atoms with van der Waals surface area (Å²) in [7, 11) is 1.77. The van der Waals surface area contributed by atoms with Crippen LogP contribution >= 0.6 is 24.0 Å². The fourth-order valence-electron chi connectivity index (χ4n) is 3.24. The number of hydrogen-bond donors (Lipinski definition) is 3. The number of nitrogens with zero attached hydrogens (tertiary/aromatic N) is 4. The summed E-state index contributed by atoms with van der Waals surface area (Å²) >= 11 is 6.29. The minimum absolute atomic E-state index is 0. The molecule has 0 radical (unpaired) electrons. The van der Waals surface area contributed by atoms with Gasteiger partial charge in [-0.15, -0.1) is 12.4 Å². The standard InChI is InChI=1S/C15H16ClN7O2.ClH/c1-22-15(3-2-4-15)21-13(24)12-8(16)5-9(14(25)23(12)22)20-11-6-10(17)18-7-19-11;/h5-7H,2-4H2,1H3,(H,21,24)(H3,17,18,19,20);1H. The van der Waals surface area contributed by atoms with Crippen LogP contribution in [-0.2, 0) is 0 Å². The number of nitrogen functional groups attached to an aromatic ring is 1. The molecule has 26 heavy (non-hydrogen) atoms. The van der Waals surface area contributed by atoms with Crippen molar-refractivity contribution in [2.24, 2.45) is 0 Å². The van der Waals surface area contributed by atoms with Crippen LogP contribution in [0.15, 0.2) is 23.3 Å². The maximum atomic E-state index is 13.0. The Labute approximate surface area is 159 Å². The van der Waals surface area contributed by atoms with E-state index in [0.29, 0.717) is 5.82 Å². The number of rotatable bonds is 2. The number of carbonyl (C=O) groups excluding carboxylic acids is 1. The number of anilines is 3. The Morgan fingerprint density at radius 2 is 2.04 bits per heavy atom. The van der Waals surface area contributed by atoms with E-state index in [-0.39, 0.29) is 46.1 Å². The first-order valence-electron chi connectivity index (χ1n) is 7.78. The van der Waals surface area contributed by atoms with Gasteiger partial charge in [0.25, 0.3) is 11.5 Å². The summed E-state index contributed by atoms with van der Waals surface area (Å²) in [5.41, 5.74) is 5.03. The van der Waals surface area contributed by atoms with Gasteiger partial charge in [0, 0.05) is 13.1 Å². The summed E-state index contributed by atoms with van der Waals surface area (Å²) in [6.07, 6.45) is 3.83. The fourth-order valence-corrected chi connectivity index (χ4v) is 3.51. The average Bonchev–Trinajstić information content (AvgIpc) is 2.52. The second-order valence-corrected chi connectivity index (χ2v) is 6.59. The third-order valence-corrected chi connectivity index (χ3v) is 5.03. The topological polar surface area (TPSA) is 118 Å². The number of hydrogen-bond acceptors (Lipinski definition) is 7. The van der Waals surface area contributed by atoms with Crippen molar-refractivity contribution in [3.63, 3.8) is 0 Å². The lowest BCUT2D eigenvalue weighted by Crippen LogP contribution is -2.72. The van der Waals surface area contributed by atoms with Gasteiger partial charge in [0.2, 0.25) is 0 Å². The van der Waals surface area contributed by atoms with Crippen LogP contribution in [0.4, 0.5) is 17.3 Å². The molecule has 1 fully saturated rings. The van der Waals surface area contributed by atoms with E-state index in [0.717, 1.165) is 19.3 Å². The van der Waals surface area contributed by atoms with Gasteiger partial charge < -0.3 is 16.4 Å². The Bertz CT molecular complexity index is 942. The smallest absolute Gasteiger partial charge is 0.293 e. The van der Waals surface area contributed by atoms with E-state index >= 15 is 0 Å². The molecule has 2 aromatic rings. The first kappa shape index (κ1) is 18.3. The highest BCUT2D eigenvalue weighted by atomic mass is 35.5. The molecule has 0 bridgehead atoms. The van der Waals surface area contributed by atoms with Gasteiger partial charge in [-0.25, -0.2) is 14.6 Å². The van der Waals surface area contributed by atoms with Gasteiger partial charge in [-0.2, -0.15) is 0 Å². The molecule has 1 spiro atoms. The van der Waals surface area contributed by atoms with Crippen molar-refractivity contribution >= 4 is 47.2 Å². The Morgan fingerprint density at radius 3 is 2.65 bits per heavy atom. The quantitative estimate of drug-likeness (QED) is 0.696. The van der Waals surface area contributed by atoms with Gasteiger partial charge in [0.15, 0.2) is 0 Å². The van der Waals surface area contributed by atoms with E-state index < -0.39 is 5.66 Å². The minimum Gasteiger partial charge on any atom is -0.384 e. The highest BCUT2D eigenvalue weighted by Crippen LogP contribution is 2.37. The third kappa shape index (κ3) is 2.63. The van der Waals surface area contributed by atoms with Gasteiger partial charge in [0.05, 0.1) is 5.02 Å². The van der Waals surface area contributed by atoms with Crippen molar-refractivity contribution in [3.8, 4) is 0 Å². The van der Waals surface area contributed by atoms with Gasteiger partial charge in [0.1, 0.15) is 35.0 Å². The summed E-state index contributed by atoms with van der Waals surface area (Å²) in [5, 5.41) is 7.78. The predicted molar refractivity (Wildman–Crippen MR) is 101 cm³/mol. The predicted octanol–water partition coefficient (Wildman–Crippen LogP) is 1.23. The second kappa shape index (κ2) is 6.33. The van der Waals surface area contributed by atoms with Crippen molar-refractivity contribution in [3.05, 3.63) is 39.5 Å². The maximum Gasteiger partial charge on any atom is 0.293 e. The number of amides is 1. The molecule has 3 heterocycles. The Kier molecular flexibility index (Phi) is 4.45. The highest BCUT2D eigenvalue weighted by Gasteiger charge is 2.48. The van der Waals surface area contributed by atoms with Gasteiger partial charge >= 0.3 is 0 Å². The summed E-state index contributed by atoms with van der Waals surface area (Å²) in [6.45, 7) is 0. The van der Waals surface area contributed by atoms with Crippen molar-refractivity contribution in [1.82, 2.24) is 20.0 Å². The summed E-state index contributed by atoms with van der Waals surface area (Å²) < 4.78 is 1.33. The van der Waals surface area contributed by atoms with Gasteiger partial charge in [-0.3, -0.25) is 14.6 Å². The first-order chi connectivity index (χ1) is 11.9. The molecule has 0 aromatic carbocycles. The number of aromatic nitrogens is 3. The van der Waals surface area contributed by atoms with E-state index in [4.69, 9.17) is 17.3 Å². The minimum atomic E-state index is -0.533.